The first-order chi connectivity index (χ1) is 9.06. The summed E-state index contributed by atoms with van der Waals surface area (Å²) in [5.74, 6) is -0.311. The Hall–Kier alpha value is -1.53. The smallest absolute Gasteiger partial charge is 0.242 e. The quantitative estimate of drug-likeness (QED) is 0.857. The van der Waals surface area contributed by atoms with Crippen LogP contribution in [0.5, 0.6) is 0 Å². The molecule has 5 nitrogen and oxygen atoms in total. The van der Waals surface area contributed by atoms with Gasteiger partial charge in [-0.3, -0.25) is 9.69 Å². The zero-order valence-corrected chi connectivity index (χ0v) is 10.8. The Morgan fingerprint density at radius 3 is 3.05 bits per heavy atom. The largest absolute Gasteiger partial charge is 0.392 e. The number of halogens is 1. The minimum atomic E-state index is -0.440. The number of aliphatic hydroxyl groups excluding tert-OH is 1. The summed E-state index contributed by atoms with van der Waals surface area (Å²) in [5.41, 5.74) is 0. The number of piperidine rings is 1. The van der Waals surface area contributed by atoms with Gasteiger partial charge in [0.25, 0.3) is 0 Å². The molecule has 0 aromatic carbocycles. The average Bonchev–Trinajstić information content (AvgIpc) is 2.40. The summed E-state index contributed by atoms with van der Waals surface area (Å²) in [6.45, 7) is 3.09. The van der Waals surface area contributed by atoms with Gasteiger partial charge < -0.3 is 10.4 Å². The third-order valence-electron chi connectivity index (χ3n) is 3.33. The van der Waals surface area contributed by atoms with Gasteiger partial charge in [-0.05, 0) is 38.4 Å². The molecular weight excluding hydrogens is 249 g/mol. The molecule has 0 spiro atoms. The average molecular weight is 267 g/mol. The number of nitrogens with one attached hydrogen (secondary N) is 1. The Labute approximate surface area is 111 Å². The third kappa shape index (κ3) is 3.71. The maximum Gasteiger partial charge on any atom is 0.242 e. The van der Waals surface area contributed by atoms with Crippen molar-refractivity contribution in [2.24, 2.45) is 0 Å². The number of aromatic nitrogens is 1. The Bertz CT molecular complexity index is 438. The molecule has 0 radical (unpaired) electrons. The lowest BCUT2D eigenvalue weighted by Crippen LogP contribution is -2.48. The second-order valence-corrected chi connectivity index (χ2v) is 4.82. The van der Waals surface area contributed by atoms with Crippen molar-refractivity contribution in [2.75, 3.05) is 18.4 Å². The molecule has 0 bridgehead atoms. The number of hydrogen-bond donors (Lipinski definition) is 2. The molecule has 19 heavy (non-hydrogen) atoms. The van der Waals surface area contributed by atoms with Crippen molar-refractivity contribution in [3.05, 3.63) is 24.1 Å². The van der Waals surface area contributed by atoms with Crippen molar-refractivity contribution >= 4 is 11.7 Å². The molecule has 1 aliphatic heterocycles. The fraction of sp³-hybridized carbons (Fsp3) is 0.538. The van der Waals surface area contributed by atoms with Crippen LogP contribution in [-0.2, 0) is 4.79 Å². The van der Waals surface area contributed by atoms with Gasteiger partial charge in [0.15, 0.2) is 0 Å². The Morgan fingerprint density at radius 2 is 2.42 bits per heavy atom. The number of carbonyl (C=O) groups is 1. The van der Waals surface area contributed by atoms with Crippen molar-refractivity contribution in [3.63, 3.8) is 0 Å². The molecule has 104 valence electrons. The lowest BCUT2D eigenvalue weighted by atomic mass is 10.1. The lowest BCUT2D eigenvalue weighted by Gasteiger charge is -2.33. The molecule has 1 aromatic heterocycles. The number of β-amino-alcohol motifs (C(OH)–C–C–N with tert-alkyl or cyclic N) is 1. The second-order valence-electron chi connectivity index (χ2n) is 4.82. The van der Waals surface area contributed by atoms with E-state index in [9.17, 15) is 14.3 Å². The van der Waals surface area contributed by atoms with Gasteiger partial charge >= 0.3 is 0 Å². The van der Waals surface area contributed by atoms with Gasteiger partial charge in [-0.1, -0.05) is 0 Å². The number of pyridine rings is 1. The molecule has 2 heterocycles. The van der Waals surface area contributed by atoms with E-state index in [1.54, 1.807) is 6.92 Å². The van der Waals surface area contributed by atoms with E-state index in [0.29, 0.717) is 12.4 Å². The molecule has 1 aliphatic rings. The predicted octanol–water partition coefficient (Wildman–Crippen LogP) is 1.00. The summed E-state index contributed by atoms with van der Waals surface area (Å²) < 4.78 is 12.7. The van der Waals surface area contributed by atoms with Crippen LogP contribution in [0.1, 0.15) is 19.8 Å². The number of nitrogens with zero attached hydrogens (tertiary/aromatic N) is 2. The van der Waals surface area contributed by atoms with Gasteiger partial charge in [0.2, 0.25) is 5.91 Å². The summed E-state index contributed by atoms with van der Waals surface area (Å²) in [5, 5.41) is 12.2. The number of aliphatic hydroxyl groups is 1. The van der Waals surface area contributed by atoms with Crippen LogP contribution in [0.25, 0.3) is 0 Å². The standard InChI is InChI=1S/C13H18FN3O2/c1-9(17-6-2-3-11(18)8-17)13(19)16-12-5-4-10(14)7-15-12/h4-5,7,9,11,18H,2-3,6,8H2,1H3,(H,15,16,19). The van der Waals surface area contributed by atoms with Crippen LogP contribution >= 0.6 is 0 Å². The maximum atomic E-state index is 12.7. The van der Waals surface area contributed by atoms with Gasteiger partial charge in [-0.25, -0.2) is 9.37 Å². The zero-order valence-electron chi connectivity index (χ0n) is 10.8. The lowest BCUT2D eigenvalue weighted by molar-refractivity contribution is -0.121. The van der Waals surface area contributed by atoms with Gasteiger partial charge in [0, 0.05) is 6.54 Å². The summed E-state index contributed by atoms with van der Waals surface area (Å²) in [7, 11) is 0. The molecule has 1 amide bonds. The first kappa shape index (κ1) is 13.9. The predicted molar refractivity (Wildman–Crippen MR) is 69.1 cm³/mol. The first-order valence-electron chi connectivity index (χ1n) is 6.41. The highest BCUT2D eigenvalue weighted by Crippen LogP contribution is 2.14. The van der Waals surface area contributed by atoms with E-state index in [0.717, 1.165) is 25.6 Å². The van der Waals surface area contributed by atoms with Gasteiger partial charge in [-0.15, -0.1) is 0 Å². The Kier molecular flexibility index (Phi) is 4.44. The summed E-state index contributed by atoms with van der Waals surface area (Å²) in [6.07, 6.45) is 2.36. The van der Waals surface area contributed by atoms with Gasteiger partial charge in [0.1, 0.15) is 11.6 Å². The number of carbonyl (C=O) groups excluding carboxylic acids is 1. The van der Waals surface area contributed by atoms with Gasteiger partial charge in [0.05, 0.1) is 18.3 Å². The van der Waals surface area contributed by atoms with Crippen molar-refractivity contribution in [1.29, 1.82) is 0 Å². The first-order valence-corrected chi connectivity index (χ1v) is 6.41. The van der Waals surface area contributed by atoms with Crippen molar-refractivity contribution in [3.8, 4) is 0 Å². The Balaban J connectivity index is 1.93. The highest BCUT2D eigenvalue weighted by atomic mass is 19.1. The van der Waals surface area contributed by atoms with Crippen LogP contribution in [0.3, 0.4) is 0 Å². The highest BCUT2D eigenvalue weighted by Gasteiger charge is 2.26. The van der Waals surface area contributed by atoms with E-state index in [4.69, 9.17) is 0 Å². The number of rotatable bonds is 3. The van der Waals surface area contributed by atoms with Crippen molar-refractivity contribution in [2.45, 2.75) is 31.9 Å². The molecule has 0 saturated carbocycles. The maximum absolute atomic E-state index is 12.7. The van der Waals surface area contributed by atoms with Crippen LogP contribution in [0.4, 0.5) is 10.2 Å². The minimum Gasteiger partial charge on any atom is -0.392 e. The fourth-order valence-electron chi connectivity index (χ4n) is 2.18. The van der Waals surface area contributed by atoms with Crippen LogP contribution < -0.4 is 5.32 Å². The molecule has 1 saturated heterocycles. The SMILES string of the molecule is CC(C(=O)Nc1ccc(F)cn1)N1CCCC(O)C1. The molecule has 1 fully saturated rings. The summed E-state index contributed by atoms with van der Waals surface area (Å²) in [6, 6.07) is 2.32. The molecule has 0 aliphatic carbocycles. The number of amides is 1. The highest BCUT2D eigenvalue weighted by molar-refractivity contribution is 5.93. The summed E-state index contributed by atoms with van der Waals surface area (Å²) in [4.78, 5) is 17.8. The Morgan fingerprint density at radius 1 is 1.63 bits per heavy atom. The van der Waals surface area contributed by atoms with E-state index in [2.05, 4.69) is 10.3 Å². The van der Waals surface area contributed by atoms with Crippen LogP contribution in [0, 0.1) is 5.82 Å². The van der Waals surface area contributed by atoms with Crippen molar-refractivity contribution < 1.29 is 14.3 Å². The van der Waals surface area contributed by atoms with Crippen molar-refractivity contribution in [1.82, 2.24) is 9.88 Å². The van der Waals surface area contributed by atoms with Crippen LogP contribution in [0.2, 0.25) is 0 Å². The number of anilines is 1. The molecule has 2 N–H and O–H groups in total. The van der Waals surface area contributed by atoms with E-state index in [-0.39, 0.29) is 18.1 Å². The molecule has 2 rings (SSSR count). The zero-order chi connectivity index (χ0) is 13.8. The monoisotopic (exact) mass is 267 g/mol. The molecule has 2 atom stereocenters. The van der Waals surface area contributed by atoms with E-state index in [1.807, 2.05) is 4.90 Å². The minimum absolute atomic E-state index is 0.201. The molecule has 1 aromatic rings. The van der Waals surface area contributed by atoms with Gasteiger partial charge in [-0.2, -0.15) is 0 Å². The van der Waals surface area contributed by atoms with E-state index < -0.39 is 5.82 Å². The van der Waals surface area contributed by atoms with E-state index >= 15 is 0 Å². The normalized spacial score (nSPS) is 21.9. The second kappa shape index (κ2) is 6.08. The van der Waals surface area contributed by atoms with Crippen LogP contribution in [0.15, 0.2) is 18.3 Å². The number of hydrogen-bond acceptors (Lipinski definition) is 4. The molecular formula is C13H18FN3O2. The molecule has 2 unspecified atom stereocenters. The van der Waals surface area contributed by atoms with E-state index in [1.165, 1.54) is 12.1 Å². The number of likely N-dealkylation sites (tertiary alicyclic amines) is 1. The topological polar surface area (TPSA) is 65.5 Å². The fourth-order valence-corrected chi connectivity index (χ4v) is 2.18. The van der Waals surface area contributed by atoms with Crippen LogP contribution in [-0.4, -0.2) is 46.1 Å². The molecule has 6 heteroatoms. The third-order valence-corrected chi connectivity index (χ3v) is 3.33. The summed E-state index contributed by atoms with van der Waals surface area (Å²) >= 11 is 0.